The van der Waals surface area contributed by atoms with Gasteiger partial charge >= 0.3 is 12.1 Å². The van der Waals surface area contributed by atoms with E-state index >= 15 is 0 Å². The van der Waals surface area contributed by atoms with Gasteiger partial charge in [0.25, 0.3) is 0 Å². The maximum Gasteiger partial charge on any atom is 0.409 e. The number of esters is 1. The first kappa shape index (κ1) is 59.6. The number of aliphatic hydroxyl groups is 1. The summed E-state index contributed by atoms with van der Waals surface area (Å²) in [7, 11) is 5.89. The van der Waals surface area contributed by atoms with Crippen molar-refractivity contribution < 1.29 is 62.4 Å². The fourth-order valence-corrected chi connectivity index (χ4v) is 9.57. The highest BCUT2D eigenvalue weighted by Crippen LogP contribution is 2.49. The molecule has 3 heterocycles. The summed E-state index contributed by atoms with van der Waals surface area (Å²) < 4.78 is 29.5. The highest BCUT2D eigenvalue weighted by molar-refractivity contribution is 7.99. The quantitative estimate of drug-likeness (QED) is 0.0591. The molecule has 0 aromatic heterocycles. The van der Waals surface area contributed by atoms with Crippen LogP contribution in [-0.4, -0.2) is 157 Å². The Kier molecular flexibility index (Phi) is 20.6. The molecule has 2 saturated heterocycles. The fraction of sp³-hybridized carbons (Fsp3) is 0.660. The lowest BCUT2D eigenvalue weighted by atomic mass is 9.83. The van der Waals surface area contributed by atoms with Crippen molar-refractivity contribution in [1.82, 2.24) is 31.5 Å². The van der Waals surface area contributed by atoms with Crippen molar-refractivity contribution in [1.29, 1.82) is 0 Å². The molecule has 0 spiro atoms. The number of carbonyl (C=O) groups excluding carboxylic acids is 7. The van der Waals surface area contributed by atoms with Gasteiger partial charge in [-0.15, -0.1) is 11.8 Å². The van der Waals surface area contributed by atoms with Crippen molar-refractivity contribution in [2.75, 3.05) is 44.8 Å². The van der Waals surface area contributed by atoms with E-state index in [1.165, 1.54) is 63.6 Å². The molecule has 2 fully saturated rings. The predicted molar refractivity (Wildman–Crippen MR) is 273 cm³/mol. The molecular formula is C50H76ClN7O13S. The number of anilines is 1. The summed E-state index contributed by atoms with van der Waals surface area (Å²) in [5.41, 5.74) is -1.48. The van der Waals surface area contributed by atoms with Gasteiger partial charge in [-0.2, -0.15) is 0 Å². The Morgan fingerprint density at radius 2 is 1.65 bits per heavy atom. The summed E-state index contributed by atoms with van der Waals surface area (Å²) in [5.74, 6) is -3.15. The maximum atomic E-state index is 14.4. The van der Waals surface area contributed by atoms with Crippen LogP contribution >= 0.6 is 23.4 Å². The second-order valence-electron chi connectivity index (χ2n) is 20.2. The van der Waals surface area contributed by atoms with Gasteiger partial charge in [0.05, 0.1) is 37.2 Å². The van der Waals surface area contributed by atoms with Crippen molar-refractivity contribution in [3.05, 3.63) is 46.5 Å². The van der Waals surface area contributed by atoms with Crippen LogP contribution in [0.4, 0.5) is 10.5 Å². The fourth-order valence-electron chi connectivity index (χ4n) is 8.55. The van der Waals surface area contributed by atoms with Gasteiger partial charge in [0, 0.05) is 57.2 Å². The number of amides is 6. The van der Waals surface area contributed by atoms with Crippen molar-refractivity contribution in [3.8, 4) is 5.75 Å². The van der Waals surface area contributed by atoms with Crippen LogP contribution in [0.1, 0.15) is 107 Å². The summed E-state index contributed by atoms with van der Waals surface area (Å²) in [6.07, 6.45) is 0.00490. The largest absolute Gasteiger partial charge is 0.495 e. The molecule has 12 atom stereocenters. The van der Waals surface area contributed by atoms with Crippen LogP contribution in [0.2, 0.25) is 5.02 Å². The molecule has 4 rings (SSSR count). The van der Waals surface area contributed by atoms with Crippen LogP contribution in [-0.2, 0) is 47.7 Å². The van der Waals surface area contributed by atoms with E-state index in [-0.39, 0.29) is 53.3 Å². The number of benzene rings is 1. The van der Waals surface area contributed by atoms with Gasteiger partial charge in [-0.3, -0.25) is 29.3 Å². The van der Waals surface area contributed by atoms with Crippen molar-refractivity contribution in [3.63, 3.8) is 0 Å². The minimum atomic E-state index is -1.88. The van der Waals surface area contributed by atoms with Crippen molar-refractivity contribution in [2.24, 2.45) is 5.92 Å². The van der Waals surface area contributed by atoms with Crippen LogP contribution < -0.4 is 36.2 Å². The number of nitrogens with one attached hydrogen (secondary N) is 5. The molecule has 20 nitrogen and oxygen atoms in total. The van der Waals surface area contributed by atoms with E-state index < -0.39 is 102 Å². The van der Waals surface area contributed by atoms with Crippen molar-refractivity contribution >= 4 is 70.6 Å². The Morgan fingerprint density at radius 3 is 2.26 bits per heavy atom. The minimum absolute atomic E-state index is 0.00791. The molecule has 4 bridgehead atoms. The molecule has 3 aliphatic rings. The topological polar surface area (TPSA) is 256 Å². The number of carbonyl (C=O) groups is 7. The zero-order valence-electron chi connectivity index (χ0n) is 44.2. The number of thioether (sulfide) groups is 1. The number of methoxy groups -OCH3 is 2. The third kappa shape index (κ3) is 15.1. The first-order chi connectivity index (χ1) is 33.5. The van der Waals surface area contributed by atoms with E-state index in [9.17, 15) is 38.7 Å². The predicted octanol–water partition coefficient (Wildman–Crippen LogP) is 4.06. The average molecular weight is 1050 g/mol. The SMILES string of the molecule is COc1cc2cc(c1Cl)N(C)C(=O)C[C@H](OC(=O)[C@@H](C)N(C)C(=O)CCSCNC(=O)[C@H](C)NC(=O)[C@H](C)NC(=O)[C@H](C)NC(C)(C)C)[C@]1(C)O[C@H]1[C@H](C)[C@@H]1C[C@@](O)(NC(=O)O1)[C@H](OC)/C=C/C=C(\C)C2C. The third-order valence-electron chi connectivity index (χ3n) is 13.5. The molecular weight excluding hydrogens is 974 g/mol. The number of alkyl carbamates (subject to hydrolysis) is 1. The summed E-state index contributed by atoms with van der Waals surface area (Å²) in [6.45, 7) is 19.3. The van der Waals surface area contributed by atoms with Gasteiger partial charge in [-0.05, 0) is 80.0 Å². The molecule has 6 N–H and O–H groups in total. The average Bonchev–Trinajstić information content (AvgIpc) is 4.01. The number of fused-ring (bicyclic) bond motifs is 5. The molecule has 6 amide bonds. The second-order valence-corrected chi connectivity index (χ2v) is 21.7. The second kappa shape index (κ2) is 24.9. The molecule has 0 radical (unpaired) electrons. The third-order valence-corrected chi connectivity index (χ3v) is 14.7. The van der Waals surface area contributed by atoms with E-state index in [1.54, 1.807) is 52.1 Å². The first-order valence-electron chi connectivity index (χ1n) is 24.1. The normalized spacial score (nSPS) is 28.5. The molecule has 0 saturated carbocycles. The van der Waals surface area contributed by atoms with Gasteiger partial charge in [-0.1, -0.05) is 49.2 Å². The number of allylic oxidation sites excluding steroid dienone is 3. The number of likely N-dealkylation sites (N-methyl/N-ethyl adjacent to an activating group) is 1. The van der Waals surface area contributed by atoms with Crippen LogP contribution in [0.25, 0.3) is 0 Å². The lowest BCUT2D eigenvalue weighted by molar-refractivity contribution is -0.162. The Hall–Kier alpha value is -4.93. The lowest BCUT2D eigenvalue weighted by Gasteiger charge is -2.42. The summed E-state index contributed by atoms with van der Waals surface area (Å²) in [4.78, 5) is 95.6. The zero-order valence-corrected chi connectivity index (χ0v) is 45.8. The number of halogens is 1. The maximum absolute atomic E-state index is 14.4. The Labute approximate surface area is 432 Å². The number of rotatable bonds is 16. The number of epoxide rings is 1. The van der Waals surface area contributed by atoms with Gasteiger partial charge in [0.2, 0.25) is 29.5 Å². The number of nitrogens with zero attached hydrogens (tertiary/aromatic N) is 2. The monoisotopic (exact) mass is 1050 g/mol. The molecule has 1 aromatic rings. The molecule has 1 unspecified atom stereocenters. The molecule has 1 aromatic carbocycles. The Bertz CT molecular complexity index is 2240. The molecule has 0 aliphatic carbocycles. The van der Waals surface area contributed by atoms with Crippen LogP contribution in [0, 0.1) is 5.92 Å². The van der Waals surface area contributed by atoms with Crippen molar-refractivity contribution in [2.45, 2.75) is 167 Å². The van der Waals surface area contributed by atoms with Crippen LogP contribution in [0.15, 0.2) is 35.9 Å². The smallest absolute Gasteiger partial charge is 0.409 e. The number of hydrogen-bond donors (Lipinski definition) is 6. The highest BCUT2D eigenvalue weighted by Gasteiger charge is 2.64. The van der Waals surface area contributed by atoms with E-state index in [0.717, 1.165) is 11.1 Å². The molecule has 402 valence electrons. The molecule has 22 heteroatoms. The summed E-state index contributed by atoms with van der Waals surface area (Å²) in [6, 6.07) is 0.102. The Balaban J connectivity index is 1.46. The van der Waals surface area contributed by atoms with E-state index in [1.807, 2.05) is 40.7 Å². The van der Waals surface area contributed by atoms with E-state index in [4.69, 9.17) is 35.3 Å². The summed E-state index contributed by atoms with van der Waals surface area (Å²) >= 11 is 8.10. The van der Waals surface area contributed by atoms with Crippen LogP contribution in [0.5, 0.6) is 5.75 Å². The minimum Gasteiger partial charge on any atom is -0.495 e. The number of hydrogen-bond acceptors (Lipinski definition) is 15. The molecule has 3 aliphatic heterocycles. The van der Waals surface area contributed by atoms with Gasteiger partial charge in [0.1, 0.15) is 52.8 Å². The van der Waals surface area contributed by atoms with Crippen LogP contribution in [0.3, 0.4) is 0 Å². The Morgan fingerprint density at radius 1 is 1.03 bits per heavy atom. The van der Waals surface area contributed by atoms with Gasteiger partial charge in [-0.25, -0.2) is 9.59 Å². The zero-order chi connectivity index (χ0) is 54.2. The molecule has 72 heavy (non-hydrogen) atoms. The summed E-state index contributed by atoms with van der Waals surface area (Å²) in [5, 5.41) is 25.7. The lowest BCUT2D eigenvalue weighted by Crippen LogP contribution is -2.63. The standard InChI is InChI=1S/C50H76ClN7O13S/c1-26-17-16-18-37(68-15)50(66)24-36(69-47(65)56-50)28(3)42-49(11,71-42)38(23-40(60)58(13)34-21-33(27(26)2)22-35(67-14)41(34)51)70-46(64)32(7)57(12)39(59)19-20-72-25-52-43(61)29(4)53-44(62)30(5)54-45(63)31(6)55-48(8,9)10/h16-18,21-22,27-32,36-38,42,55,66H,19-20,23-25H2,1-15H3,(H,52,61)(H,53,62)(H,54,63)(H,56,65)/b18-16+,26-17+/t27?,28-,29+,30+,31+,32-,36+,37-,38+,42+,49+,50+/m1/s1. The van der Waals surface area contributed by atoms with E-state index in [2.05, 4.69) is 26.6 Å². The number of ether oxygens (including phenoxy) is 5. The van der Waals surface area contributed by atoms with Gasteiger partial charge in [0.15, 0.2) is 5.72 Å². The van der Waals surface area contributed by atoms with Gasteiger partial charge < -0.3 is 59.9 Å². The van der Waals surface area contributed by atoms with E-state index in [0.29, 0.717) is 11.4 Å². The highest BCUT2D eigenvalue weighted by atomic mass is 35.5. The first-order valence-corrected chi connectivity index (χ1v) is 25.6.